The number of hydrazone groups is 1. The first-order valence-electron chi connectivity index (χ1n) is 6.09. The summed E-state index contributed by atoms with van der Waals surface area (Å²) in [4.78, 5) is 11.8. The summed E-state index contributed by atoms with van der Waals surface area (Å²) >= 11 is 0. The van der Waals surface area contributed by atoms with Crippen LogP contribution in [0.5, 0.6) is 0 Å². The van der Waals surface area contributed by atoms with Crippen molar-refractivity contribution in [3.8, 4) is 0 Å². The quantitative estimate of drug-likeness (QED) is 0.800. The van der Waals surface area contributed by atoms with Crippen LogP contribution >= 0.6 is 0 Å². The number of carbonyl (C=O) groups excluding carboxylic acids is 1. The molecule has 1 N–H and O–H groups in total. The molecule has 92 valence electrons. The highest BCUT2D eigenvalue weighted by Gasteiger charge is 2.17. The van der Waals surface area contributed by atoms with Crippen molar-refractivity contribution in [3.63, 3.8) is 0 Å². The second kappa shape index (κ2) is 5.17. The second-order valence-electron chi connectivity index (χ2n) is 4.58. The van der Waals surface area contributed by atoms with Crippen molar-refractivity contribution in [1.29, 1.82) is 0 Å². The Labute approximate surface area is 101 Å². The molecule has 1 fully saturated rings. The maximum atomic E-state index is 11.8. The molecule has 1 heterocycles. The number of aryl methyl sites for hydroxylation is 1. The Bertz CT molecular complexity index is 434. The van der Waals surface area contributed by atoms with E-state index in [1.165, 1.54) is 25.5 Å². The first kappa shape index (κ1) is 11.9. The van der Waals surface area contributed by atoms with Gasteiger partial charge in [-0.3, -0.25) is 4.79 Å². The fourth-order valence-electron chi connectivity index (χ4n) is 2.14. The van der Waals surface area contributed by atoms with Gasteiger partial charge >= 0.3 is 0 Å². The Balaban J connectivity index is 2.00. The van der Waals surface area contributed by atoms with Gasteiger partial charge in [0, 0.05) is 5.71 Å². The highest BCUT2D eigenvalue weighted by molar-refractivity contribution is 5.96. The summed E-state index contributed by atoms with van der Waals surface area (Å²) in [6, 6.07) is 1.66. The summed E-state index contributed by atoms with van der Waals surface area (Å²) in [5.74, 6) is 0.912. The molecule has 0 aliphatic heterocycles. The van der Waals surface area contributed by atoms with Gasteiger partial charge in [0.2, 0.25) is 0 Å². The van der Waals surface area contributed by atoms with E-state index < -0.39 is 0 Å². The first-order valence-corrected chi connectivity index (χ1v) is 6.09. The summed E-state index contributed by atoms with van der Waals surface area (Å²) in [7, 11) is 0. The average molecular weight is 234 g/mol. The van der Waals surface area contributed by atoms with Crippen LogP contribution in [-0.2, 0) is 0 Å². The fourth-order valence-corrected chi connectivity index (χ4v) is 2.14. The maximum Gasteiger partial charge on any atom is 0.274 e. The van der Waals surface area contributed by atoms with Gasteiger partial charge < -0.3 is 4.42 Å². The zero-order valence-electron chi connectivity index (χ0n) is 10.3. The molecule has 1 atom stereocenters. The molecule has 0 spiro atoms. The van der Waals surface area contributed by atoms with Gasteiger partial charge in [0.1, 0.15) is 5.76 Å². The molecule has 0 aromatic carbocycles. The van der Waals surface area contributed by atoms with Crippen molar-refractivity contribution >= 4 is 11.6 Å². The molecule has 0 radical (unpaired) electrons. The molecule has 1 saturated carbocycles. The van der Waals surface area contributed by atoms with Crippen molar-refractivity contribution in [2.45, 2.75) is 39.5 Å². The largest absolute Gasteiger partial charge is 0.469 e. The fraction of sp³-hybridized carbons (Fsp3) is 0.538. The predicted octanol–water partition coefficient (Wildman–Crippen LogP) is 2.88. The molecular weight excluding hydrogens is 216 g/mol. The third-order valence-corrected chi connectivity index (χ3v) is 3.29. The molecule has 4 heteroatoms. The van der Waals surface area contributed by atoms with Gasteiger partial charge in [-0.05, 0) is 38.2 Å². The van der Waals surface area contributed by atoms with E-state index in [1.54, 1.807) is 13.0 Å². The van der Waals surface area contributed by atoms with E-state index in [1.807, 2.05) is 0 Å². The first-order chi connectivity index (χ1) is 8.18. The molecule has 0 unspecified atom stereocenters. The number of hydrogen-bond donors (Lipinski definition) is 1. The molecule has 1 aliphatic carbocycles. The lowest BCUT2D eigenvalue weighted by Crippen LogP contribution is -2.24. The number of rotatable bonds is 2. The standard InChI is InChI=1S/C13H18N2O2/c1-9-5-3-4-6-12(9)14-15-13(16)11-7-8-17-10(11)2/h7-9H,3-6H2,1-2H3,(H,15,16)/t9-/m1/s1. The minimum absolute atomic E-state index is 0.193. The van der Waals surface area contributed by atoms with Crippen LogP contribution < -0.4 is 5.43 Å². The highest BCUT2D eigenvalue weighted by atomic mass is 16.3. The van der Waals surface area contributed by atoms with Crippen molar-refractivity contribution in [2.24, 2.45) is 11.0 Å². The number of amides is 1. The monoisotopic (exact) mass is 234 g/mol. The SMILES string of the molecule is Cc1occc1C(=O)NN=C1CCCC[C@H]1C. The van der Waals surface area contributed by atoms with E-state index in [2.05, 4.69) is 17.5 Å². The Morgan fingerprint density at radius 2 is 2.35 bits per heavy atom. The third kappa shape index (κ3) is 2.75. The zero-order chi connectivity index (χ0) is 12.3. The molecular formula is C13H18N2O2. The molecule has 17 heavy (non-hydrogen) atoms. The summed E-state index contributed by atoms with van der Waals surface area (Å²) in [6.07, 6.45) is 6.10. The van der Waals surface area contributed by atoms with Crippen molar-refractivity contribution in [3.05, 3.63) is 23.7 Å². The molecule has 0 saturated heterocycles. The second-order valence-corrected chi connectivity index (χ2v) is 4.58. The smallest absolute Gasteiger partial charge is 0.274 e. The van der Waals surface area contributed by atoms with Crippen molar-refractivity contribution in [2.75, 3.05) is 0 Å². The van der Waals surface area contributed by atoms with Crippen LogP contribution in [0.4, 0.5) is 0 Å². The summed E-state index contributed by atoms with van der Waals surface area (Å²) in [5, 5.41) is 4.24. The van der Waals surface area contributed by atoms with Gasteiger partial charge in [-0.25, -0.2) is 5.43 Å². The minimum Gasteiger partial charge on any atom is -0.469 e. The Kier molecular flexibility index (Phi) is 3.61. The third-order valence-electron chi connectivity index (χ3n) is 3.29. The summed E-state index contributed by atoms with van der Waals surface area (Å²) < 4.78 is 5.09. The normalized spacial score (nSPS) is 22.7. The lowest BCUT2D eigenvalue weighted by molar-refractivity contribution is 0.0953. The number of carbonyl (C=O) groups is 1. The molecule has 1 aromatic heterocycles. The highest BCUT2D eigenvalue weighted by Crippen LogP contribution is 2.20. The van der Waals surface area contributed by atoms with Crippen LogP contribution in [0.2, 0.25) is 0 Å². The molecule has 1 aromatic rings. The maximum absolute atomic E-state index is 11.8. The molecule has 1 aliphatic rings. The van der Waals surface area contributed by atoms with Gasteiger partial charge in [0.15, 0.2) is 0 Å². The Morgan fingerprint density at radius 1 is 1.53 bits per heavy atom. The number of nitrogens with one attached hydrogen (secondary N) is 1. The van der Waals surface area contributed by atoms with Gasteiger partial charge in [0.25, 0.3) is 5.91 Å². The number of hydrogen-bond acceptors (Lipinski definition) is 3. The molecule has 1 amide bonds. The lowest BCUT2D eigenvalue weighted by Gasteiger charge is -2.19. The minimum atomic E-state index is -0.193. The van der Waals surface area contributed by atoms with Crippen LogP contribution in [0.15, 0.2) is 21.8 Å². The van der Waals surface area contributed by atoms with Crippen molar-refractivity contribution < 1.29 is 9.21 Å². The van der Waals surface area contributed by atoms with Crippen LogP contribution in [0.1, 0.15) is 48.7 Å². The van der Waals surface area contributed by atoms with E-state index in [-0.39, 0.29) is 5.91 Å². The van der Waals surface area contributed by atoms with Gasteiger partial charge in [-0.15, -0.1) is 0 Å². The molecule has 2 rings (SSSR count). The topological polar surface area (TPSA) is 54.6 Å². The van der Waals surface area contributed by atoms with E-state index in [0.717, 1.165) is 12.1 Å². The number of furan rings is 1. The molecule has 0 bridgehead atoms. The van der Waals surface area contributed by atoms with Crippen LogP contribution in [-0.4, -0.2) is 11.6 Å². The van der Waals surface area contributed by atoms with E-state index in [0.29, 0.717) is 17.2 Å². The Hall–Kier alpha value is -1.58. The summed E-state index contributed by atoms with van der Waals surface area (Å²) in [5.41, 5.74) is 4.27. The van der Waals surface area contributed by atoms with Gasteiger partial charge in [-0.1, -0.05) is 13.3 Å². The van der Waals surface area contributed by atoms with E-state index in [4.69, 9.17) is 4.42 Å². The van der Waals surface area contributed by atoms with E-state index in [9.17, 15) is 4.79 Å². The van der Waals surface area contributed by atoms with Crippen LogP contribution in [0.25, 0.3) is 0 Å². The number of nitrogens with zero attached hydrogens (tertiary/aromatic N) is 1. The Morgan fingerprint density at radius 3 is 3.00 bits per heavy atom. The van der Waals surface area contributed by atoms with Crippen LogP contribution in [0.3, 0.4) is 0 Å². The lowest BCUT2D eigenvalue weighted by atomic mass is 9.89. The van der Waals surface area contributed by atoms with Gasteiger partial charge in [-0.2, -0.15) is 5.10 Å². The zero-order valence-corrected chi connectivity index (χ0v) is 10.3. The van der Waals surface area contributed by atoms with Crippen molar-refractivity contribution in [1.82, 2.24) is 5.43 Å². The molecule has 4 nitrogen and oxygen atoms in total. The van der Waals surface area contributed by atoms with Gasteiger partial charge in [0.05, 0.1) is 11.8 Å². The summed E-state index contributed by atoms with van der Waals surface area (Å²) in [6.45, 7) is 3.93. The van der Waals surface area contributed by atoms with E-state index >= 15 is 0 Å². The van der Waals surface area contributed by atoms with Crippen LogP contribution in [0, 0.1) is 12.8 Å². The average Bonchev–Trinajstić information content (AvgIpc) is 2.74. The predicted molar refractivity (Wildman–Crippen MR) is 66.0 cm³/mol.